The van der Waals surface area contributed by atoms with Crippen molar-refractivity contribution < 1.29 is 46.9 Å². The fourth-order valence-electron chi connectivity index (χ4n) is 4.27. The van der Waals surface area contributed by atoms with Gasteiger partial charge in [-0.25, -0.2) is 18.5 Å². The lowest BCUT2D eigenvalue weighted by molar-refractivity contribution is -0.149. The molecule has 3 rings (SSSR count). The number of carbonyl (C=O) groups is 2. The summed E-state index contributed by atoms with van der Waals surface area (Å²) in [5.41, 5.74) is -4.91. The minimum absolute atomic E-state index is 0.0285. The van der Waals surface area contributed by atoms with Crippen LogP contribution in [0.15, 0.2) is 52.2 Å². The Bertz CT molecular complexity index is 1450. The fraction of sp³-hybridized carbons (Fsp3) is 0.571. The van der Waals surface area contributed by atoms with Crippen molar-refractivity contribution in [1.29, 1.82) is 0 Å². The smallest absolute Gasteiger partial charge is 0.459 e. The minimum Gasteiger partial charge on any atom is -0.462 e. The van der Waals surface area contributed by atoms with Gasteiger partial charge in [0.15, 0.2) is 11.9 Å². The van der Waals surface area contributed by atoms with Gasteiger partial charge < -0.3 is 23.8 Å². The van der Waals surface area contributed by atoms with Crippen LogP contribution in [0.1, 0.15) is 60.1 Å². The van der Waals surface area contributed by atoms with Crippen LogP contribution in [0, 0.1) is 0 Å². The van der Waals surface area contributed by atoms with Crippen LogP contribution in [0.2, 0.25) is 0 Å². The van der Waals surface area contributed by atoms with Gasteiger partial charge in [-0.1, -0.05) is 38.0 Å². The number of halogens is 1. The first-order chi connectivity index (χ1) is 20.7. The number of aliphatic hydroxyl groups excluding tert-OH is 1. The molecule has 0 spiro atoms. The molecule has 14 nitrogen and oxygen atoms in total. The van der Waals surface area contributed by atoms with E-state index in [1.165, 1.54) is 19.1 Å². The lowest BCUT2D eigenvalue weighted by atomic mass is 9.98. The Morgan fingerprint density at radius 2 is 1.84 bits per heavy atom. The lowest BCUT2D eigenvalue weighted by Gasteiger charge is -2.25. The Morgan fingerprint density at radius 3 is 2.48 bits per heavy atom. The first-order valence-corrected chi connectivity index (χ1v) is 15.8. The summed E-state index contributed by atoms with van der Waals surface area (Å²) in [5, 5.41) is 13.3. The summed E-state index contributed by atoms with van der Waals surface area (Å²) in [6.45, 7) is 6.79. The minimum atomic E-state index is -4.40. The van der Waals surface area contributed by atoms with Gasteiger partial charge in [-0.3, -0.25) is 18.7 Å². The molecular weight excluding hydrogens is 604 g/mol. The van der Waals surface area contributed by atoms with Gasteiger partial charge in [-0.05, 0) is 46.2 Å². The van der Waals surface area contributed by atoms with Crippen molar-refractivity contribution in [3.8, 4) is 5.75 Å². The number of nitrogens with zero attached hydrogens (tertiary/aromatic N) is 2. The van der Waals surface area contributed by atoms with Crippen molar-refractivity contribution in [2.24, 2.45) is 0 Å². The number of para-hydroxylation sites is 1. The molecule has 16 heteroatoms. The van der Waals surface area contributed by atoms with Gasteiger partial charge in [0.25, 0.3) is 5.56 Å². The summed E-state index contributed by atoms with van der Waals surface area (Å²) in [5.74, 6) is -0.628. The molecule has 1 aliphatic rings. The maximum absolute atomic E-state index is 15.9. The van der Waals surface area contributed by atoms with Gasteiger partial charge >= 0.3 is 25.5 Å². The van der Waals surface area contributed by atoms with Crippen molar-refractivity contribution in [3.05, 3.63) is 63.4 Å². The van der Waals surface area contributed by atoms with Crippen LogP contribution in [-0.2, 0) is 28.1 Å². The normalized spacial score (nSPS) is 23.6. The van der Waals surface area contributed by atoms with Crippen LogP contribution >= 0.6 is 7.75 Å². The predicted octanol–water partition coefficient (Wildman–Crippen LogP) is 3.30. The number of hydrogen-bond donors (Lipinski definition) is 2. The summed E-state index contributed by atoms with van der Waals surface area (Å²) < 4.78 is 57.4. The molecule has 44 heavy (non-hydrogen) atoms. The highest BCUT2D eigenvalue weighted by Gasteiger charge is 2.56. The third-order valence-electron chi connectivity index (χ3n) is 6.57. The third kappa shape index (κ3) is 8.63. The summed E-state index contributed by atoms with van der Waals surface area (Å²) in [7, 11) is -4.40. The molecule has 2 aromatic rings. The van der Waals surface area contributed by atoms with Crippen molar-refractivity contribution in [1.82, 2.24) is 14.2 Å². The van der Waals surface area contributed by atoms with Crippen LogP contribution in [0.5, 0.6) is 5.75 Å². The van der Waals surface area contributed by atoms with Crippen LogP contribution in [0.3, 0.4) is 0 Å². The van der Waals surface area contributed by atoms with Crippen molar-refractivity contribution in [2.45, 2.75) is 90.1 Å². The average molecular weight is 644 g/mol. The zero-order valence-electron chi connectivity index (χ0n) is 25.2. The Balaban J connectivity index is 1.83. The standard InChI is InChI=1S/C28H39FN3O11P/c1-6-7-11-16-39-27(37)32-22(33)14-15-31(26(32)36)25-28(5,29)23(34)21(42-25)17-40-44(38,43-20-12-9-8-10-13-20)30-19(4)24(35)41-18(2)3/h8-10,12-15,18-19,21,23,25,34H,6-7,11,16-17H2,1-5H3,(H,30,38)/t19-,21+,23+,25+,28+,44-/m0/s1. The number of nitrogens with one attached hydrogen (secondary N) is 1. The van der Waals surface area contributed by atoms with Gasteiger partial charge in [-0.2, -0.15) is 9.65 Å². The highest BCUT2D eigenvalue weighted by Crippen LogP contribution is 2.47. The van der Waals surface area contributed by atoms with Crippen LogP contribution < -0.4 is 20.9 Å². The molecule has 2 heterocycles. The molecule has 0 aliphatic carbocycles. The first kappa shape index (κ1) is 35.1. The summed E-state index contributed by atoms with van der Waals surface area (Å²) in [4.78, 5) is 50.4. The average Bonchev–Trinajstić information content (AvgIpc) is 3.18. The number of hydrogen-bond acceptors (Lipinski definition) is 11. The van der Waals surface area contributed by atoms with E-state index < -0.39 is 73.9 Å². The van der Waals surface area contributed by atoms with Crippen molar-refractivity contribution in [2.75, 3.05) is 13.2 Å². The molecule has 1 aromatic carbocycles. The zero-order valence-corrected chi connectivity index (χ0v) is 26.1. The number of unbranched alkanes of at least 4 members (excludes halogenated alkanes) is 2. The maximum atomic E-state index is 15.9. The molecule has 2 N–H and O–H groups in total. The topological polar surface area (TPSA) is 174 Å². The van der Waals surface area contributed by atoms with E-state index in [0.717, 1.165) is 32.0 Å². The molecule has 0 saturated carbocycles. The van der Waals surface area contributed by atoms with E-state index in [9.17, 15) is 28.8 Å². The second-order valence-electron chi connectivity index (χ2n) is 10.7. The molecular formula is C28H39FN3O11P. The van der Waals surface area contributed by atoms with Gasteiger partial charge in [0, 0.05) is 12.3 Å². The molecule has 0 bridgehead atoms. The Labute approximate surface area is 253 Å². The van der Waals surface area contributed by atoms with E-state index in [4.69, 9.17) is 23.3 Å². The van der Waals surface area contributed by atoms with Gasteiger partial charge in [-0.15, -0.1) is 0 Å². The van der Waals surface area contributed by atoms with Crippen LogP contribution in [0.25, 0.3) is 0 Å². The molecule has 6 atom stereocenters. The Kier molecular flexibility index (Phi) is 12.0. The van der Waals surface area contributed by atoms with Gasteiger partial charge in [0.05, 0.1) is 19.3 Å². The summed E-state index contributed by atoms with van der Waals surface area (Å²) in [6.07, 6.45) is -3.92. The Hall–Kier alpha value is -3.36. The lowest BCUT2D eigenvalue weighted by Crippen LogP contribution is -2.48. The zero-order chi connectivity index (χ0) is 32.7. The Morgan fingerprint density at radius 1 is 1.16 bits per heavy atom. The number of aromatic nitrogens is 2. The second-order valence-corrected chi connectivity index (χ2v) is 12.4. The van der Waals surface area contributed by atoms with E-state index >= 15 is 4.39 Å². The summed E-state index contributed by atoms with van der Waals surface area (Å²) >= 11 is 0. The SMILES string of the molecule is CCCCCOC(=O)n1c(=O)ccn([C@@H]2O[C@H](CO[P@@](=O)(N[C@@H](C)C(=O)OC(C)C)Oc3ccccc3)[C@@H](O)[C@@]2(C)F)c1=O. The summed E-state index contributed by atoms with van der Waals surface area (Å²) in [6, 6.07) is 7.57. The monoisotopic (exact) mass is 643 g/mol. The van der Waals surface area contributed by atoms with E-state index in [-0.39, 0.29) is 16.9 Å². The molecule has 1 aromatic heterocycles. The number of carbonyl (C=O) groups excluding carboxylic acids is 2. The molecule has 1 fully saturated rings. The van der Waals surface area contributed by atoms with Crippen LogP contribution in [0.4, 0.5) is 9.18 Å². The van der Waals surface area contributed by atoms with Gasteiger partial charge in [0.2, 0.25) is 0 Å². The number of rotatable bonds is 14. The van der Waals surface area contributed by atoms with Crippen molar-refractivity contribution in [3.63, 3.8) is 0 Å². The number of esters is 1. The van der Waals surface area contributed by atoms with E-state index in [1.807, 2.05) is 6.92 Å². The predicted molar refractivity (Wildman–Crippen MR) is 155 cm³/mol. The van der Waals surface area contributed by atoms with Gasteiger partial charge in [0.1, 0.15) is 24.0 Å². The maximum Gasteiger partial charge on any atom is 0.459 e. The second kappa shape index (κ2) is 15.1. The number of aliphatic hydroxyl groups is 1. The first-order valence-electron chi connectivity index (χ1n) is 14.2. The van der Waals surface area contributed by atoms with Crippen LogP contribution in [-0.4, -0.2) is 69.5 Å². The molecule has 1 aliphatic heterocycles. The highest BCUT2D eigenvalue weighted by molar-refractivity contribution is 7.52. The molecule has 1 saturated heterocycles. The molecule has 0 unspecified atom stereocenters. The number of benzene rings is 1. The number of ether oxygens (including phenoxy) is 3. The fourth-order valence-corrected chi connectivity index (χ4v) is 5.77. The highest BCUT2D eigenvalue weighted by atomic mass is 31.2. The largest absolute Gasteiger partial charge is 0.462 e. The number of alkyl halides is 1. The third-order valence-corrected chi connectivity index (χ3v) is 8.21. The van der Waals surface area contributed by atoms with E-state index in [1.54, 1.807) is 32.0 Å². The molecule has 0 radical (unpaired) electrons. The van der Waals surface area contributed by atoms with Crippen molar-refractivity contribution >= 4 is 19.8 Å². The quantitative estimate of drug-likeness (QED) is 0.175. The van der Waals surface area contributed by atoms with E-state index in [0.29, 0.717) is 11.0 Å². The molecule has 244 valence electrons. The van der Waals surface area contributed by atoms with E-state index in [2.05, 4.69) is 5.09 Å². The molecule has 0 amide bonds.